The summed E-state index contributed by atoms with van der Waals surface area (Å²) in [6, 6.07) is 6.08. The maximum Gasteiger partial charge on any atom is 0.261 e. The Hall–Kier alpha value is -2.72. The van der Waals surface area contributed by atoms with E-state index in [1.165, 1.54) is 35.1 Å². The Kier molecular flexibility index (Phi) is 4.91. The first-order valence-electron chi connectivity index (χ1n) is 8.93. The molecule has 1 aromatic carbocycles. The van der Waals surface area contributed by atoms with E-state index in [9.17, 15) is 17.6 Å². The molecular weight excluding hydrogens is 415 g/mol. The van der Waals surface area contributed by atoms with Crippen molar-refractivity contribution in [2.24, 2.45) is 7.05 Å². The lowest BCUT2D eigenvalue weighted by Crippen LogP contribution is -2.25. The largest absolute Gasteiger partial charge is 0.337 e. The van der Waals surface area contributed by atoms with E-state index in [4.69, 9.17) is 0 Å². The maximum absolute atomic E-state index is 14.4. The normalized spacial score (nSPS) is 14.0. The Morgan fingerprint density at radius 3 is 2.62 bits per heavy atom. The van der Waals surface area contributed by atoms with Gasteiger partial charge in [-0.05, 0) is 43.5 Å². The van der Waals surface area contributed by atoms with Crippen LogP contribution in [0.15, 0.2) is 40.0 Å². The first kappa shape index (κ1) is 19.6. The summed E-state index contributed by atoms with van der Waals surface area (Å²) in [5.74, 6) is -0.349. The van der Waals surface area contributed by atoms with Gasteiger partial charge in [0.15, 0.2) is 0 Å². The zero-order valence-corrected chi connectivity index (χ0v) is 17.4. The number of halogens is 1. The summed E-state index contributed by atoms with van der Waals surface area (Å²) < 4.78 is 43.3. The van der Waals surface area contributed by atoms with Gasteiger partial charge < -0.3 is 5.32 Å². The van der Waals surface area contributed by atoms with Gasteiger partial charge >= 0.3 is 0 Å². The topological polar surface area (TPSA) is 93.1 Å². The zero-order chi connectivity index (χ0) is 20.8. The number of pyridine rings is 1. The Labute approximate surface area is 171 Å². The number of hydrogen-bond acceptors (Lipinski definition) is 6. The Bertz CT molecular complexity index is 1230. The van der Waals surface area contributed by atoms with Gasteiger partial charge in [-0.15, -0.1) is 11.3 Å². The number of nitrogens with zero attached hydrogens (tertiary/aromatic N) is 2. The van der Waals surface area contributed by atoms with Crippen LogP contribution in [0, 0.1) is 12.7 Å². The Morgan fingerprint density at radius 1 is 1.24 bits per heavy atom. The van der Waals surface area contributed by atoms with Gasteiger partial charge in [-0.1, -0.05) is 6.07 Å². The molecule has 0 amide bonds. The quantitative estimate of drug-likeness (QED) is 0.618. The molecular formula is C19H19FN4O3S2. The summed E-state index contributed by atoms with van der Waals surface area (Å²) in [5, 5.41) is 4.13. The first-order chi connectivity index (χ1) is 13.8. The van der Waals surface area contributed by atoms with Crippen molar-refractivity contribution in [3.8, 4) is 11.3 Å². The van der Waals surface area contributed by atoms with Crippen molar-refractivity contribution in [2.45, 2.75) is 25.0 Å². The summed E-state index contributed by atoms with van der Waals surface area (Å²) >= 11 is 1.33. The number of benzene rings is 1. The number of sulfonamides is 1. The van der Waals surface area contributed by atoms with Gasteiger partial charge in [0.05, 0.1) is 33.4 Å². The van der Waals surface area contributed by atoms with E-state index >= 15 is 0 Å². The lowest BCUT2D eigenvalue weighted by Gasteiger charge is -2.19. The third kappa shape index (κ3) is 3.90. The van der Waals surface area contributed by atoms with Gasteiger partial charge in [0, 0.05) is 12.4 Å². The lowest BCUT2D eigenvalue weighted by molar-refractivity contribution is 0.600. The fraction of sp³-hybridized carbons (Fsp3) is 0.263. The number of aryl methyl sites for hydroxylation is 1. The molecule has 2 heterocycles. The van der Waals surface area contributed by atoms with Crippen molar-refractivity contribution in [2.75, 3.05) is 10.0 Å². The fourth-order valence-electron chi connectivity index (χ4n) is 2.96. The van der Waals surface area contributed by atoms with Crippen LogP contribution in [0.2, 0.25) is 0 Å². The van der Waals surface area contributed by atoms with Crippen molar-refractivity contribution in [3.05, 3.63) is 56.9 Å². The molecule has 7 nitrogen and oxygen atoms in total. The fourth-order valence-corrected chi connectivity index (χ4v) is 4.90. The van der Waals surface area contributed by atoms with Gasteiger partial charge in [0.2, 0.25) is 10.0 Å². The highest BCUT2D eigenvalue weighted by molar-refractivity contribution is 7.93. The van der Waals surface area contributed by atoms with Crippen LogP contribution in [0.1, 0.15) is 18.4 Å². The number of thiazole rings is 1. The average Bonchev–Trinajstić information content (AvgIpc) is 3.40. The van der Waals surface area contributed by atoms with Gasteiger partial charge in [0.1, 0.15) is 11.6 Å². The van der Waals surface area contributed by atoms with Crippen LogP contribution >= 0.6 is 11.3 Å². The molecule has 1 saturated carbocycles. The molecule has 0 atom stereocenters. The summed E-state index contributed by atoms with van der Waals surface area (Å²) in [5.41, 5.74) is 2.99. The molecule has 2 aromatic heterocycles. The van der Waals surface area contributed by atoms with Crippen LogP contribution in [0.4, 0.5) is 21.6 Å². The lowest BCUT2D eigenvalue weighted by atomic mass is 10.2. The number of aromatic nitrogens is 2. The third-order valence-electron chi connectivity index (χ3n) is 4.72. The molecule has 0 radical (unpaired) electrons. The van der Waals surface area contributed by atoms with Crippen molar-refractivity contribution < 1.29 is 12.8 Å². The van der Waals surface area contributed by atoms with E-state index in [1.54, 1.807) is 29.9 Å². The van der Waals surface area contributed by atoms with E-state index in [1.807, 2.05) is 0 Å². The minimum Gasteiger partial charge on any atom is -0.337 e. The highest BCUT2D eigenvalue weighted by Crippen LogP contribution is 2.34. The predicted octanol–water partition coefficient (Wildman–Crippen LogP) is 3.60. The third-order valence-corrected chi connectivity index (χ3v) is 7.16. The number of anilines is 3. The van der Waals surface area contributed by atoms with Crippen molar-refractivity contribution in [1.82, 2.24) is 9.55 Å². The van der Waals surface area contributed by atoms with Gasteiger partial charge in [0.25, 0.3) is 5.56 Å². The van der Waals surface area contributed by atoms with Crippen LogP contribution in [-0.4, -0.2) is 23.2 Å². The molecule has 0 unspecified atom stereocenters. The second-order valence-corrected chi connectivity index (χ2v) is 9.69. The highest BCUT2D eigenvalue weighted by Gasteiger charge is 2.36. The van der Waals surface area contributed by atoms with Crippen molar-refractivity contribution in [3.63, 3.8) is 0 Å². The van der Waals surface area contributed by atoms with Crippen molar-refractivity contribution in [1.29, 1.82) is 0 Å². The van der Waals surface area contributed by atoms with Crippen molar-refractivity contribution >= 4 is 38.6 Å². The molecule has 152 valence electrons. The van der Waals surface area contributed by atoms with Crippen LogP contribution in [0.3, 0.4) is 0 Å². The summed E-state index contributed by atoms with van der Waals surface area (Å²) in [6.45, 7) is 1.76. The van der Waals surface area contributed by atoms with E-state index in [2.05, 4.69) is 15.0 Å². The smallest absolute Gasteiger partial charge is 0.261 e. The van der Waals surface area contributed by atoms with Crippen LogP contribution in [0.25, 0.3) is 11.3 Å². The monoisotopic (exact) mass is 434 g/mol. The first-order valence-corrected chi connectivity index (χ1v) is 11.4. The second kappa shape index (κ2) is 7.27. The average molecular weight is 435 g/mol. The molecule has 2 N–H and O–H groups in total. The van der Waals surface area contributed by atoms with Crippen LogP contribution in [-0.2, 0) is 17.1 Å². The van der Waals surface area contributed by atoms with Gasteiger partial charge in [-0.25, -0.2) is 17.8 Å². The molecule has 1 fully saturated rings. The van der Waals surface area contributed by atoms with Crippen LogP contribution < -0.4 is 15.6 Å². The highest BCUT2D eigenvalue weighted by atomic mass is 32.2. The van der Waals surface area contributed by atoms with E-state index in [0.717, 1.165) is 5.56 Å². The van der Waals surface area contributed by atoms with Gasteiger partial charge in [-0.2, -0.15) is 0 Å². The van der Waals surface area contributed by atoms with E-state index < -0.39 is 21.1 Å². The molecule has 0 bridgehead atoms. The molecule has 1 aliphatic carbocycles. The predicted molar refractivity (Wildman–Crippen MR) is 113 cm³/mol. The SMILES string of the molecule is Cc1ccc(Nc2c(NS(=O)(=O)C3CC3)cc(-c3cscn3)c(=O)n2C)c(F)c1. The Morgan fingerprint density at radius 2 is 2.00 bits per heavy atom. The Balaban J connectivity index is 1.85. The van der Waals surface area contributed by atoms with Crippen LogP contribution in [0.5, 0.6) is 0 Å². The molecule has 3 aromatic rings. The van der Waals surface area contributed by atoms with E-state index in [0.29, 0.717) is 18.5 Å². The van der Waals surface area contributed by atoms with E-state index in [-0.39, 0.29) is 28.3 Å². The summed E-state index contributed by atoms with van der Waals surface area (Å²) in [7, 11) is -2.10. The molecule has 10 heteroatoms. The molecule has 29 heavy (non-hydrogen) atoms. The minimum absolute atomic E-state index is 0.138. The standard InChI is InChI=1S/C19H19FN4O3S2/c1-11-3-6-15(14(20)7-11)22-18-16(23-29(26,27)12-4-5-12)8-13(19(25)24(18)2)17-9-28-10-21-17/h3,6-10,12,22-23H,4-5H2,1-2H3. The summed E-state index contributed by atoms with van der Waals surface area (Å²) in [6.07, 6.45) is 1.19. The zero-order valence-electron chi connectivity index (χ0n) is 15.8. The maximum atomic E-state index is 14.4. The van der Waals surface area contributed by atoms with Gasteiger partial charge in [-0.3, -0.25) is 14.1 Å². The molecule has 1 aliphatic rings. The molecule has 0 spiro atoms. The number of hydrogen-bond donors (Lipinski definition) is 2. The molecule has 0 saturated heterocycles. The number of rotatable bonds is 6. The summed E-state index contributed by atoms with van der Waals surface area (Å²) in [4.78, 5) is 17.1. The number of nitrogens with one attached hydrogen (secondary N) is 2. The molecule has 0 aliphatic heterocycles. The second-order valence-electron chi connectivity index (χ2n) is 7.01. The molecule has 4 rings (SSSR count). The minimum atomic E-state index is -3.60.